The van der Waals surface area contributed by atoms with Crippen LogP contribution >= 0.6 is 23.1 Å². The number of thiophene rings is 1. The van der Waals surface area contributed by atoms with Gasteiger partial charge in [0.05, 0.1) is 17.9 Å². The predicted molar refractivity (Wildman–Crippen MR) is 196 cm³/mol. The quantitative estimate of drug-likeness (QED) is 0.0837. The number of thioether (sulfide) groups is 1. The highest BCUT2D eigenvalue weighted by molar-refractivity contribution is 8.00. The molecule has 3 N–H and O–H groups in total. The van der Waals surface area contributed by atoms with E-state index in [2.05, 4.69) is 41.7 Å². The first-order valence-electron chi connectivity index (χ1n) is 16.2. The van der Waals surface area contributed by atoms with Gasteiger partial charge in [0.2, 0.25) is 5.91 Å². The third-order valence-corrected chi connectivity index (χ3v) is 10.4. The molecule has 1 aliphatic rings. The lowest BCUT2D eigenvalue weighted by Crippen LogP contribution is -2.30. The molecule has 0 saturated heterocycles. The molecule has 11 heteroatoms. The lowest BCUT2D eigenvalue weighted by atomic mass is 9.72. The largest absolute Gasteiger partial charge is 0.462 e. The van der Waals surface area contributed by atoms with Crippen molar-refractivity contribution >= 4 is 63.6 Å². The Balaban J connectivity index is 1.26. The van der Waals surface area contributed by atoms with E-state index in [1.807, 2.05) is 12.1 Å². The third kappa shape index (κ3) is 9.45. The predicted octanol–water partition coefficient (Wildman–Crippen LogP) is 7.61. The van der Waals surface area contributed by atoms with Crippen LogP contribution < -0.4 is 16.0 Å². The number of nitrogens with zero attached hydrogens (tertiary/aromatic N) is 1. The molecule has 2 heterocycles. The molecule has 1 aliphatic carbocycles. The highest BCUT2D eigenvalue weighted by Crippen LogP contribution is 2.44. The number of ether oxygens (including phenoxy) is 1. The van der Waals surface area contributed by atoms with Gasteiger partial charge in [0.15, 0.2) is 0 Å². The van der Waals surface area contributed by atoms with Gasteiger partial charge in [0.1, 0.15) is 10.7 Å². The van der Waals surface area contributed by atoms with E-state index in [4.69, 9.17) is 4.74 Å². The molecular weight excluding hydrogens is 657 g/mol. The van der Waals surface area contributed by atoms with Crippen LogP contribution in [0.15, 0.2) is 89.7 Å². The Kier molecular flexibility index (Phi) is 11.7. The summed E-state index contributed by atoms with van der Waals surface area (Å²) in [4.78, 5) is 58.6. The van der Waals surface area contributed by atoms with Crippen LogP contribution in [0.4, 0.5) is 10.7 Å². The second-order valence-corrected chi connectivity index (χ2v) is 14.9. The maximum absolute atomic E-state index is 13.4. The van der Waals surface area contributed by atoms with E-state index in [-0.39, 0.29) is 29.4 Å². The number of anilines is 2. The molecule has 0 aliphatic heterocycles. The van der Waals surface area contributed by atoms with Gasteiger partial charge in [-0.1, -0.05) is 51.1 Å². The molecule has 0 radical (unpaired) electrons. The number of aromatic nitrogens is 1. The van der Waals surface area contributed by atoms with E-state index in [1.54, 1.807) is 80.0 Å². The van der Waals surface area contributed by atoms with E-state index < -0.39 is 17.8 Å². The first-order valence-corrected chi connectivity index (χ1v) is 18.0. The summed E-state index contributed by atoms with van der Waals surface area (Å²) < 4.78 is 5.38. The van der Waals surface area contributed by atoms with Crippen LogP contribution in [0.1, 0.15) is 70.8 Å². The molecule has 1 atom stereocenters. The van der Waals surface area contributed by atoms with Crippen LogP contribution in [0.2, 0.25) is 0 Å². The van der Waals surface area contributed by atoms with Crippen LogP contribution in [0, 0.1) is 11.3 Å². The standard InChI is InChI=1S/C38H40N4O5S2/c1-5-47-37(46)33-29-17-16-26(38(2,3)4)20-31(29)49-36(33)42-32(43)23-48-28-15-9-14-27(21-28)40-35(45)30(19-24-11-10-18-39-22-24)41-34(44)25-12-7-6-8-13-25/h6-15,18-19,21-22,26H,5,16-17,20,23H2,1-4H3,(H,40,45)(H,41,44)(H,42,43)/b30-19-. The lowest BCUT2D eigenvalue weighted by molar-refractivity contribution is -0.114. The number of fused-ring (bicyclic) bond motifs is 1. The number of esters is 1. The third-order valence-electron chi connectivity index (χ3n) is 8.21. The molecule has 0 fully saturated rings. The van der Waals surface area contributed by atoms with Crippen molar-refractivity contribution in [1.29, 1.82) is 0 Å². The maximum Gasteiger partial charge on any atom is 0.341 e. The van der Waals surface area contributed by atoms with E-state index in [0.29, 0.717) is 33.3 Å². The zero-order valence-electron chi connectivity index (χ0n) is 28.0. The van der Waals surface area contributed by atoms with Gasteiger partial charge in [-0.3, -0.25) is 19.4 Å². The fourth-order valence-electron chi connectivity index (χ4n) is 5.58. The van der Waals surface area contributed by atoms with Crippen molar-refractivity contribution in [1.82, 2.24) is 10.3 Å². The Morgan fingerprint density at radius 3 is 2.53 bits per heavy atom. The van der Waals surface area contributed by atoms with Gasteiger partial charge in [-0.05, 0) is 91.1 Å². The first kappa shape index (κ1) is 35.6. The van der Waals surface area contributed by atoms with Gasteiger partial charge >= 0.3 is 5.97 Å². The van der Waals surface area contributed by atoms with E-state index in [1.165, 1.54) is 23.1 Å². The number of hydrogen-bond acceptors (Lipinski definition) is 8. The fraction of sp³-hybridized carbons (Fsp3) is 0.289. The molecule has 2 aromatic carbocycles. The number of hydrogen-bond donors (Lipinski definition) is 3. The Hall–Kier alpha value is -4.74. The van der Waals surface area contributed by atoms with Crippen molar-refractivity contribution in [3.63, 3.8) is 0 Å². The first-order chi connectivity index (χ1) is 23.5. The summed E-state index contributed by atoms with van der Waals surface area (Å²) in [6, 6.07) is 19.3. The van der Waals surface area contributed by atoms with Gasteiger partial charge in [-0.25, -0.2) is 4.79 Å². The van der Waals surface area contributed by atoms with Crippen molar-refractivity contribution in [2.75, 3.05) is 23.0 Å². The lowest BCUT2D eigenvalue weighted by Gasteiger charge is -2.33. The normalized spacial score (nSPS) is 14.4. The van der Waals surface area contributed by atoms with Gasteiger partial charge in [-0.2, -0.15) is 0 Å². The second-order valence-electron chi connectivity index (χ2n) is 12.7. The fourth-order valence-corrected chi connectivity index (χ4v) is 7.66. The number of nitrogens with one attached hydrogen (secondary N) is 3. The van der Waals surface area contributed by atoms with Crippen molar-refractivity contribution in [3.05, 3.63) is 112 Å². The number of pyridine rings is 1. The molecule has 2 aromatic heterocycles. The van der Waals surface area contributed by atoms with Crippen LogP contribution in [0.25, 0.3) is 6.08 Å². The number of carbonyl (C=O) groups excluding carboxylic acids is 4. The molecule has 3 amide bonds. The van der Waals surface area contributed by atoms with Crippen molar-refractivity contribution in [3.8, 4) is 0 Å². The molecular formula is C38H40N4O5S2. The zero-order chi connectivity index (χ0) is 35.0. The second kappa shape index (κ2) is 16.1. The Bertz CT molecular complexity index is 1850. The summed E-state index contributed by atoms with van der Waals surface area (Å²) >= 11 is 2.78. The highest BCUT2D eigenvalue weighted by atomic mass is 32.2. The van der Waals surface area contributed by atoms with Gasteiger partial charge < -0.3 is 20.7 Å². The van der Waals surface area contributed by atoms with Gasteiger partial charge in [0.25, 0.3) is 11.8 Å². The number of carbonyl (C=O) groups is 4. The summed E-state index contributed by atoms with van der Waals surface area (Å²) in [5, 5.41) is 9.09. The van der Waals surface area contributed by atoms with Gasteiger partial charge in [-0.15, -0.1) is 23.1 Å². The van der Waals surface area contributed by atoms with Crippen molar-refractivity contribution in [2.24, 2.45) is 11.3 Å². The summed E-state index contributed by atoms with van der Waals surface area (Å²) in [5.41, 5.74) is 3.21. The maximum atomic E-state index is 13.4. The number of rotatable bonds is 11. The van der Waals surface area contributed by atoms with Gasteiger partial charge in [0, 0.05) is 33.4 Å². The molecule has 0 spiro atoms. The SMILES string of the molecule is CCOC(=O)c1c(NC(=O)CSc2cccc(NC(=O)/C(=C/c3cccnc3)NC(=O)c3ccccc3)c2)sc2c1CCC(C(C)(C)C)C2. The monoisotopic (exact) mass is 696 g/mol. The topological polar surface area (TPSA) is 126 Å². The van der Waals surface area contributed by atoms with E-state index in [9.17, 15) is 19.2 Å². The van der Waals surface area contributed by atoms with Crippen molar-refractivity contribution in [2.45, 2.75) is 51.9 Å². The molecule has 4 aromatic rings. The average Bonchev–Trinajstić information content (AvgIpc) is 3.45. The van der Waals surface area contributed by atoms with E-state index >= 15 is 0 Å². The van der Waals surface area contributed by atoms with Crippen LogP contribution in [-0.4, -0.2) is 41.0 Å². The summed E-state index contributed by atoms with van der Waals surface area (Å²) in [6.07, 6.45) is 7.40. The van der Waals surface area contributed by atoms with Crippen LogP contribution in [0.5, 0.6) is 0 Å². The average molecular weight is 697 g/mol. The number of benzene rings is 2. The zero-order valence-corrected chi connectivity index (χ0v) is 29.6. The van der Waals surface area contributed by atoms with Crippen LogP contribution in [-0.2, 0) is 27.2 Å². The highest BCUT2D eigenvalue weighted by Gasteiger charge is 2.34. The molecule has 49 heavy (non-hydrogen) atoms. The molecule has 254 valence electrons. The minimum Gasteiger partial charge on any atom is -0.462 e. The Labute approximate surface area is 295 Å². The molecule has 0 saturated carbocycles. The number of amides is 3. The van der Waals surface area contributed by atoms with Crippen molar-refractivity contribution < 1.29 is 23.9 Å². The van der Waals surface area contributed by atoms with E-state index in [0.717, 1.165) is 34.6 Å². The summed E-state index contributed by atoms with van der Waals surface area (Å²) in [5.74, 6) is -1.02. The summed E-state index contributed by atoms with van der Waals surface area (Å²) in [6.45, 7) is 8.75. The molecule has 1 unspecified atom stereocenters. The Morgan fingerprint density at radius 1 is 1.02 bits per heavy atom. The molecule has 9 nitrogen and oxygen atoms in total. The molecule has 5 rings (SSSR count). The minimum absolute atomic E-state index is 0.0455. The summed E-state index contributed by atoms with van der Waals surface area (Å²) in [7, 11) is 0. The van der Waals surface area contributed by atoms with Crippen LogP contribution in [0.3, 0.4) is 0 Å². The minimum atomic E-state index is -0.519. The molecule has 0 bridgehead atoms. The smallest absolute Gasteiger partial charge is 0.341 e. The Morgan fingerprint density at radius 2 is 1.82 bits per heavy atom.